The smallest absolute Gasteiger partial charge is 0.137 e. The number of hydrogen-bond donors (Lipinski definition) is 1. The summed E-state index contributed by atoms with van der Waals surface area (Å²) in [5.74, 6) is 0.545. The van der Waals surface area contributed by atoms with Crippen LogP contribution in [0.4, 0.5) is 4.39 Å². The van der Waals surface area contributed by atoms with Gasteiger partial charge in [0.05, 0.1) is 4.47 Å². The molecule has 0 aliphatic rings. The zero-order valence-electron chi connectivity index (χ0n) is 11.5. The van der Waals surface area contributed by atoms with Gasteiger partial charge in [-0.15, -0.1) is 0 Å². The van der Waals surface area contributed by atoms with E-state index in [1.165, 1.54) is 18.9 Å². The van der Waals surface area contributed by atoms with Gasteiger partial charge in [0.25, 0.3) is 0 Å². The first-order valence-electron chi connectivity index (χ1n) is 6.73. The summed E-state index contributed by atoms with van der Waals surface area (Å²) in [7, 11) is 0. The van der Waals surface area contributed by atoms with Gasteiger partial charge in [0.1, 0.15) is 5.82 Å². The molecule has 0 bridgehead atoms. The van der Waals surface area contributed by atoms with Crippen molar-refractivity contribution in [3.8, 4) is 0 Å². The van der Waals surface area contributed by atoms with Crippen LogP contribution in [-0.2, 0) is 0 Å². The van der Waals surface area contributed by atoms with Crippen LogP contribution >= 0.6 is 15.9 Å². The summed E-state index contributed by atoms with van der Waals surface area (Å²) in [5, 5.41) is 3.48. The van der Waals surface area contributed by atoms with E-state index in [4.69, 9.17) is 0 Å². The maximum Gasteiger partial charge on any atom is 0.137 e. The lowest BCUT2D eigenvalue weighted by Crippen LogP contribution is -2.21. The molecule has 1 aromatic carbocycles. The van der Waals surface area contributed by atoms with Gasteiger partial charge < -0.3 is 5.32 Å². The average Bonchev–Trinajstić information content (AvgIpc) is 2.31. The second-order valence-corrected chi connectivity index (χ2v) is 5.96. The molecule has 3 heteroatoms. The molecule has 18 heavy (non-hydrogen) atoms. The third-order valence-corrected chi connectivity index (χ3v) is 3.68. The molecule has 0 radical (unpaired) electrons. The van der Waals surface area contributed by atoms with Crippen molar-refractivity contribution in [2.24, 2.45) is 5.92 Å². The quantitative estimate of drug-likeness (QED) is 0.741. The third kappa shape index (κ3) is 5.07. The minimum absolute atomic E-state index is 0.198. The van der Waals surface area contributed by atoms with Crippen LogP contribution in [-0.4, -0.2) is 6.54 Å². The zero-order chi connectivity index (χ0) is 13.5. The highest BCUT2D eigenvalue weighted by Gasteiger charge is 2.12. The summed E-state index contributed by atoms with van der Waals surface area (Å²) in [5.41, 5.74) is 1.16. The Kier molecular flexibility index (Phi) is 6.87. The topological polar surface area (TPSA) is 12.0 Å². The molecule has 1 rings (SSSR count). The fourth-order valence-electron chi connectivity index (χ4n) is 2.09. The summed E-state index contributed by atoms with van der Waals surface area (Å²) < 4.78 is 13.8. The Morgan fingerprint density at radius 3 is 2.56 bits per heavy atom. The van der Waals surface area contributed by atoms with E-state index in [2.05, 4.69) is 42.0 Å². The van der Waals surface area contributed by atoms with E-state index < -0.39 is 0 Å². The maximum atomic E-state index is 13.2. The van der Waals surface area contributed by atoms with Crippen molar-refractivity contribution in [2.45, 2.75) is 46.1 Å². The Morgan fingerprint density at radius 2 is 2.00 bits per heavy atom. The highest BCUT2D eigenvalue weighted by atomic mass is 79.9. The first-order chi connectivity index (χ1) is 8.54. The van der Waals surface area contributed by atoms with Gasteiger partial charge in [0, 0.05) is 6.04 Å². The Labute approximate surface area is 118 Å². The minimum Gasteiger partial charge on any atom is -0.310 e. The van der Waals surface area contributed by atoms with Gasteiger partial charge in [-0.2, -0.15) is 0 Å². The van der Waals surface area contributed by atoms with Gasteiger partial charge in [0.2, 0.25) is 0 Å². The van der Waals surface area contributed by atoms with E-state index in [0.29, 0.717) is 10.5 Å². The second-order valence-electron chi connectivity index (χ2n) is 5.11. The Morgan fingerprint density at radius 1 is 1.28 bits per heavy atom. The van der Waals surface area contributed by atoms with E-state index >= 15 is 0 Å². The highest BCUT2D eigenvalue weighted by molar-refractivity contribution is 9.10. The van der Waals surface area contributed by atoms with Gasteiger partial charge in [-0.3, -0.25) is 0 Å². The predicted octanol–water partition coefficient (Wildman–Crippen LogP) is 5.07. The minimum atomic E-state index is -0.198. The first-order valence-corrected chi connectivity index (χ1v) is 7.52. The number of hydrogen-bond acceptors (Lipinski definition) is 1. The summed E-state index contributed by atoms with van der Waals surface area (Å²) in [4.78, 5) is 0. The van der Waals surface area contributed by atoms with Crippen molar-refractivity contribution in [3.05, 3.63) is 34.1 Å². The SMILES string of the molecule is CCNC(CCCC(C)C)c1ccc(F)c(Br)c1. The maximum absolute atomic E-state index is 13.2. The normalized spacial score (nSPS) is 13.0. The molecule has 0 fully saturated rings. The monoisotopic (exact) mass is 315 g/mol. The van der Waals surface area contributed by atoms with E-state index in [1.54, 1.807) is 0 Å². The van der Waals surface area contributed by atoms with E-state index in [0.717, 1.165) is 24.4 Å². The van der Waals surface area contributed by atoms with Crippen LogP contribution in [0.15, 0.2) is 22.7 Å². The van der Waals surface area contributed by atoms with Crippen molar-refractivity contribution in [3.63, 3.8) is 0 Å². The number of nitrogens with one attached hydrogen (secondary N) is 1. The standard InChI is InChI=1S/C15H23BrFN/c1-4-18-15(7-5-6-11(2)3)12-8-9-14(17)13(16)10-12/h8-11,15,18H,4-7H2,1-3H3. The van der Waals surface area contributed by atoms with Gasteiger partial charge in [-0.1, -0.05) is 39.7 Å². The van der Waals surface area contributed by atoms with Crippen LogP contribution in [0.2, 0.25) is 0 Å². The number of rotatable bonds is 7. The van der Waals surface area contributed by atoms with Gasteiger partial charge >= 0.3 is 0 Å². The molecular weight excluding hydrogens is 293 g/mol. The lowest BCUT2D eigenvalue weighted by atomic mass is 9.98. The molecule has 1 aromatic rings. The molecule has 1 N–H and O–H groups in total. The predicted molar refractivity (Wildman–Crippen MR) is 79.2 cm³/mol. The average molecular weight is 316 g/mol. The number of benzene rings is 1. The molecule has 0 saturated carbocycles. The van der Waals surface area contributed by atoms with Crippen LogP contribution < -0.4 is 5.32 Å². The Bertz CT molecular complexity index is 366. The molecule has 0 saturated heterocycles. The van der Waals surface area contributed by atoms with Crippen molar-refractivity contribution >= 4 is 15.9 Å². The Hall–Kier alpha value is -0.410. The van der Waals surface area contributed by atoms with Crippen LogP contribution in [0.3, 0.4) is 0 Å². The largest absolute Gasteiger partial charge is 0.310 e. The van der Waals surface area contributed by atoms with Crippen LogP contribution in [0.1, 0.15) is 51.6 Å². The molecule has 1 atom stereocenters. The van der Waals surface area contributed by atoms with Crippen LogP contribution in [0.25, 0.3) is 0 Å². The lowest BCUT2D eigenvalue weighted by Gasteiger charge is -2.19. The van der Waals surface area contributed by atoms with Crippen molar-refractivity contribution in [1.29, 1.82) is 0 Å². The van der Waals surface area contributed by atoms with Gasteiger partial charge in [0.15, 0.2) is 0 Å². The Balaban J connectivity index is 2.67. The second kappa shape index (κ2) is 7.90. The van der Waals surface area contributed by atoms with Crippen molar-refractivity contribution < 1.29 is 4.39 Å². The number of halogens is 2. The lowest BCUT2D eigenvalue weighted by molar-refractivity contribution is 0.454. The van der Waals surface area contributed by atoms with E-state index in [9.17, 15) is 4.39 Å². The molecule has 102 valence electrons. The summed E-state index contributed by atoms with van der Waals surface area (Å²) >= 11 is 3.25. The molecule has 0 heterocycles. The van der Waals surface area contributed by atoms with Crippen LogP contribution in [0.5, 0.6) is 0 Å². The molecule has 0 spiro atoms. The summed E-state index contributed by atoms with van der Waals surface area (Å²) in [6, 6.07) is 5.62. The van der Waals surface area contributed by atoms with Crippen molar-refractivity contribution in [2.75, 3.05) is 6.54 Å². The van der Waals surface area contributed by atoms with Gasteiger partial charge in [-0.25, -0.2) is 4.39 Å². The fourth-order valence-corrected chi connectivity index (χ4v) is 2.49. The van der Waals surface area contributed by atoms with E-state index in [1.807, 2.05) is 12.1 Å². The molecule has 1 nitrogen and oxygen atoms in total. The molecule has 0 aliphatic carbocycles. The highest BCUT2D eigenvalue weighted by Crippen LogP contribution is 2.25. The van der Waals surface area contributed by atoms with E-state index in [-0.39, 0.29) is 5.82 Å². The van der Waals surface area contributed by atoms with Crippen molar-refractivity contribution in [1.82, 2.24) is 5.32 Å². The van der Waals surface area contributed by atoms with Gasteiger partial charge in [-0.05, 0) is 52.5 Å². The fraction of sp³-hybridized carbons (Fsp3) is 0.600. The molecule has 0 amide bonds. The molecule has 0 aromatic heterocycles. The first kappa shape index (κ1) is 15.6. The summed E-state index contributed by atoms with van der Waals surface area (Å²) in [6.45, 7) is 7.53. The zero-order valence-corrected chi connectivity index (χ0v) is 13.1. The summed E-state index contributed by atoms with van der Waals surface area (Å²) in [6.07, 6.45) is 3.54. The molecule has 0 aliphatic heterocycles. The molecular formula is C15H23BrFN. The third-order valence-electron chi connectivity index (χ3n) is 3.07. The van der Waals surface area contributed by atoms with Crippen LogP contribution in [0, 0.1) is 11.7 Å². The molecule has 1 unspecified atom stereocenters.